The molecule has 2 aromatic carbocycles. The first-order valence-corrected chi connectivity index (χ1v) is 7.54. The highest BCUT2D eigenvalue weighted by molar-refractivity contribution is 5.76. The van der Waals surface area contributed by atoms with Crippen LogP contribution in [0.5, 0.6) is 11.5 Å². The van der Waals surface area contributed by atoms with E-state index >= 15 is 0 Å². The summed E-state index contributed by atoms with van der Waals surface area (Å²) in [5.41, 5.74) is 2.51. The minimum Gasteiger partial charge on any atom is -0.497 e. The fourth-order valence-electron chi connectivity index (χ4n) is 2.83. The van der Waals surface area contributed by atoms with E-state index in [0.717, 1.165) is 17.6 Å². The summed E-state index contributed by atoms with van der Waals surface area (Å²) in [6.07, 6.45) is -0.896. The lowest BCUT2D eigenvalue weighted by molar-refractivity contribution is 0.200. The van der Waals surface area contributed by atoms with Gasteiger partial charge in [0.2, 0.25) is 0 Å². The van der Waals surface area contributed by atoms with Gasteiger partial charge in [-0.1, -0.05) is 12.1 Å². The van der Waals surface area contributed by atoms with Crippen LogP contribution in [0.3, 0.4) is 0 Å². The number of aliphatic hydroxyl groups is 1. The molecule has 1 N–H and O–H groups in total. The molecule has 0 bridgehead atoms. The summed E-state index contributed by atoms with van der Waals surface area (Å²) < 4.78 is 12.7. The summed E-state index contributed by atoms with van der Waals surface area (Å²) in [5, 5.41) is 10.9. The molecule has 120 valence electrons. The summed E-state index contributed by atoms with van der Waals surface area (Å²) in [4.78, 5) is 4.61. The molecule has 0 radical (unpaired) electrons. The number of fused-ring (bicyclic) bond motifs is 1. The number of ether oxygens (including phenoxy) is 2. The molecule has 0 amide bonds. The third-order valence-electron chi connectivity index (χ3n) is 3.98. The highest BCUT2D eigenvalue weighted by Crippen LogP contribution is 2.34. The second-order valence-corrected chi connectivity index (χ2v) is 5.21. The van der Waals surface area contributed by atoms with Crippen LogP contribution in [-0.2, 0) is 6.54 Å². The van der Waals surface area contributed by atoms with Crippen LogP contribution in [0.15, 0.2) is 42.5 Å². The van der Waals surface area contributed by atoms with E-state index in [0.29, 0.717) is 22.9 Å². The van der Waals surface area contributed by atoms with Crippen molar-refractivity contribution in [3.63, 3.8) is 0 Å². The lowest BCUT2D eigenvalue weighted by atomic mass is 10.1. The van der Waals surface area contributed by atoms with Crippen LogP contribution >= 0.6 is 0 Å². The molecule has 0 saturated heterocycles. The molecule has 0 unspecified atom stereocenters. The molecule has 0 saturated carbocycles. The average Bonchev–Trinajstić information content (AvgIpc) is 2.99. The highest BCUT2D eigenvalue weighted by atomic mass is 16.5. The normalized spacial score (nSPS) is 12.3. The number of methoxy groups -OCH3 is 2. The summed E-state index contributed by atoms with van der Waals surface area (Å²) in [7, 11) is 3.18. The maximum absolute atomic E-state index is 10.9. The molecule has 5 heteroatoms. The van der Waals surface area contributed by atoms with E-state index in [9.17, 15) is 5.11 Å². The number of rotatable bonds is 5. The number of imidazole rings is 1. The van der Waals surface area contributed by atoms with Crippen molar-refractivity contribution in [2.45, 2.75) is 19.6 Å². The number of hydrogen-bond acceptors (Lipinski definition) is 4. The molecule has 0 fully saturated rings. The molecule has 0 spiro atoms. The van der Waals surface area contributed by atoms with E-state index in [2.05, 4.69) is 4.98 Å². The zero-order valence-electron chi connectivity index (χ0n) is 13.5. The SMILES string of the molecule is CCn1c([C@@H](O)c2cc(OC)ccc2OC)nc2ccccc21. The van der Waals surface area contributed by atoms with Gasteiger partial charge in [-0.15, -0.1) is 0 Å². The van der Waals surface area contributed by atoms with Gasteiger partial charge in [0.1, 0.15) is 23.4 Å². The van der Waals surface area contributed by atoms with Gasteiger partial charge in [0.05, 0.1) is 25.3 Å². The molecule has 23 heavy (non-hydrogen) atoms. The molecule has 1 atom stereocenters. The van der Waals surface area contributed by atoms with Crippen molar-refractivity contribution in [1.82, 2.24) is 9.55 Å². The van der Waals surface area contributed by atoms with E-state index in [1.807, 2.05) is 35.8 Å². The lowest BCUT2D eigenvalue weighted by Crippen LogP contribution is -2.10. The Balaban J connectivity index is 2.15. The van der Waals surface area contributed by atoms with Gasteiger partial charge in [0, 0.05) is 12.1 Å². The van der Waals surface area contributed by atoms with Crippen LogP contribution in [0, 0.1) is 0 Å². The Morgan fingerprint density at radius 2 is 1.91 bits per heavy atom. The number of benzene rings is 2. The molecular formula is C18H20N2O3. The van der Waals surface area contributed by atoms with Gasteiger partial charge in [-0.05, 0) is 37.3 Å². The molecule has 0 aliphatic rings. The number of aliphatic hydroxyl groups excluding tert-OH is 1. The highest BCUT2D eigenvalue weighted by Gasteiger charge is 2.22. The van der Waals surface area contributed by atoms with Crippen molar-refractivity contribution in [1.29, 1.82) is 0 Å². The average molecular weight is 312 g/mol. The van der Waals surface area contributed by atoms with Crippen molar-refractivity contribution in [2.24, 2.45) is 0 Å². The summed E-state index contributed by atoms with van der Waals surface area (Å²) >= 11 is 0. The van der Waals surface area contributed by atoms with Gasteiger partial charge in [-0.3, -0.25) is 0 Å². The van der Waals surface area contributed by atoms with Crippen molar-refractivity contribution in [3.8, 4) is 11.5 Å². The zero-order chi connectivity index (χ0) is 16.4. The van der Waals surface area contributed by atoms with Crippen molar-refractivity contribution >= 4 is 11.0 Å². The quantitative estimate of drug-likeness (QED) is 0.786. The van der Waals surface area contributed by atoms with Crippen molar-refractivity contribution < 1.29 is 14.6 Å². The fourth-order valence-corrected chi connectivity index (χ4v) is 2.83. The third-order valence-corrected chi connectivity index (χ3v) is 3.98. The van der Waals surface area contributed by atoms with E-state index in [-0.39, 0.29) is 0 Å². The topological polar surface area (TPSA) is 56.5 Å². The monoisotopic (exact) mass is 312 g/mol. The van der Waals surface area contributed by atoms with Crippen molar-refractivity contribution in [3.05, 3.63) is 53.9 Å². The van der Waals surface area contributed by atoms with E-state index in [1.54, 1.807) is 32.4 Å². The second-order valence-electron chi connectivity index (χ2n) is 5.21. The van der Waals surface area contributed by atoms with Crippen LogP contribution in [-0.4, -0.2) is 28.9 Å². The summed E-state index contributed by atoms with van der Waals surface area (Å²) in [6, 6.07) is 13.2. The molecule has 5 nitrogen and oxygen atoms in total. The molecule has 1 heterocycles. The number of aromatic nitrogens is 2. The van der Waals surface area contributed by atoms with Gasteiger partial charge < -0.3 is 19.1 Å². The Labute approximate surface area is 135 Å². The van der Waals surface area contributed by atoms with E-state index in [1.165, 1.54) is 0 Å². The predicted molar refractivity (Wildman–Crippen MR) is 89.0 cm³/mol. The largest absolute Gasteiger partial charge is 0.497 e. The number of hydrogen-bond donors (Lipinski definition) is 1. The standard InChI is InChI=1S/C18H20N2O3/c1-4-20-15-8-6-5-7-14(15)19-18(20)17(21)13-11-12(22-2)9-10-16(13)23-3/h5-11,17,21H,4H2,1-3H3/t17-/m0/s1. The van der Waals surface area contributed by atoms with Crippen LogP contribution in [0.2, 0.25) is 0 Å². The molecule has 3 rings (SSSR count). The maximum Gasteiger partial charge on any atom is 0.143 e. The van der Waals surface area contributed by atoms with Crippen molar-refractivity contribution in [2.75, 3.05) is 14.2 Å². The van der Waals surface area contributed by atoms with Gasteiger partial charge in [-0.2, -0.15) is 0 Å². The molecule has 3 aromatic rings. The summed E-state index contributed by atoms with van der Waals surface area (Å²) in [6.45, 7) is 2.76. The van der Waals surface area contributed by atoms with Crippen LogP contribution in [0.4, 0.5) is 0 Å². The number of para-hydroxylation sites is 2. The first-order chi connectivity index (χ1) is 11.2. The summed E-state index contributed by atoms with van der Waals surface area (Å²) in [5.74, 6) is 1.87. The Bertz CT molecular complexity index is 826. The Morgan fingerprint density at radius 3 is 2.61 bits per heavy atom. The van der Waals surface area contributed by atoms with Crippen LogP contribution in [0.1, 0.15) is 24.4 Å². The maximum atomic E-state index is 10.9. The second kappa shape index (κ2) is 6.30. The molecule has 1 aromatic heterocycles. The number of nitrogens with zero attached hydrogens (tertiary/aromatic N) is 2. The van der Waals surface area contributed by atoms with Gasteiger partial charge in [-0.25, -0.2) is 4.98 Å². The first kappa shape index (κ1) is 15.4. The smallest absolute Gasteiger partial charge is 0.143 e. The Morgan fingerprint density at radius 1 is 1.13 bits per heavy atom. The van der Waals surface area contributed by atoms with Crippen LogP contribution in [0.25, 0.3) is 11.0 Å². The first-order valence-electron chi connectivity index (χ1n) is 7.54. The predicted octanol–water partition coefficient (Wildman–Crippen LogP) is 3.16. The van der Waals surface area contributed by atoms with E-state index in [4.69, 9.17) is 9.47 Å². The third kappa shape index (κ3) is 2.64. The van der Waals surface area contributed by atoms with Gasteiger partial charge >= 0.3 is 0 Å². The minimum absolute atomic E-state index is 0.597. The fraction of sp³-hybridized carbons (Fsp3) is 0.278. The van der Waals surface area contributed by atoms with Gasteiger partial charge in [0.25, 0.3) is 0 Å². The number of aryl methyl sites for hydroxylation is 1. The lowest BCUT2D eigenvalue weighted by Gasteiger charge is -2.17. The molecular weight excluding hydrogens is 292 g/mol. The van der Waals surface area contributed by atoms with Crippen LogP contribution < -0.4 is 9.47 Å². The minimum atomic E-state index is -0.896. The zero-order valence-corrected chi connectivity index (χ0v) is 13.5. The van der Waals surface area contributed by atoms with Gasteiger partial charge in [0.15, 0.2) is 0 Å². The molecule has 0 aliphatic carbocycles. The Kier molecular flexibility index (Phi) is 4.21. The molecule has 0 aliphatic heterocycles. The van der Waals surface area contributed by atoms with E-state index < -0.39 is 6.10 Å². The Hall–Kier alpha value is -2.53.